The van der Waals surface area contributed by atoms with Crippen LogP contribution in [0.25, 0.3) is 111 Å². The molecule has 0 N–H and O–H groups in total. The van der Waals surface area contributed by atoms with Crippen LogP contribution in [0, 0.1) is 0 Å². The first-order chi connectivity index (χ1) is 32.0. The largest absolute Gasteiger partial charge is 0.309 e. The normalized spacial score (nSPS) is 12.9. The number of nitrogens with zero attached hydrogens (tertiary/aromatic N) is 4. The molecule has 0 aliphatic heterocycles. The molecular weight excluding hydrogens is 789 g/mol. The summed E-state index contributed by atoms with van der Waals surface area (Å²) in [5.74, 6) is 0.705. The number of rotatable bonds is 6. The van der Waals surface area contributed by atoms with Crippen molar-refractivity contribution in [2.24, 2.45) is 0 Å². The van der Waals surface area contributed by atoms with Gasteiger partial charge in [-0.15, -0.1) is 0 Å². The number of benzene rings is 9. The molecule has 0 atom stereocenters. The Labute approximate surface area is 377 Å². The van der Waals surface area contributed by atoms with E-state index in [1.165, 1.54) is 71.5 Å². The molecule has 0 bridgehead atoms. The van der Waals surface area contributed by atoms with Crippen molar-refractivity contribution in [3.05, 3.63) is 230 Å². The van der Waals surface area contributed by atoms with Gasteiger partial charge in [0.1, 0.15) is 0 Å². The van der Waals surface area contributed by atoms with Crippen LogP contribution in [0.2, 0.25) is 0 Å². The Hall–Kier alpha value is -8.34. The van der Waals surface area contributed by atoms with Crippen molar-refractivity contribution in [1.29, 1.82) is 0 Å². The zero-order valence-corrected chi connectivity index (χ0v) is 36.1. The minimum Gasteiger partial charge on any atom is -0.309 e. The third kappa shape index (κ3) is 5.84. The van der Waals surface area contributed by atoms with Gasteiger partial charge in [0.2, 0.25) is 0 Å². The van der Waals surface area contributed by atoms with Crippen molar-refractivity contribution >= 4 is 43.6 Å². The molecule has 65 heavy (non-hydrogen) atoms. The molecule has 0 saturated heterocycles. The molecule has 0 amide bonds. The van der Waals surface area contributed by atoms with Gasteiger partial charge in [0.05, 0.1) is 33.5 Å². The second kappa shape index (κ2) is 14.3. The maximum absolute atomic E-state index is 5.22. The van der Waals surface area contributed by atoms with E-state index < -0.39 is 0 Å². The van der Waals surface area contributed by atoms with E-state index in [0.29, 0.717) is 5.82 Å². The molecule has 0 saturated carbocycles. The van der Waals surface area contributed by atoms with Gasteiger partial charge < -0.3 is 9.13 Å². The summed E-state index contributed by atoms with van der Waals surface area (Å²) in [6.07, 6.45) is 0. The number of fused-ring (bicyclic) bond motifs is 9. The zero-order valence-electron chi connectivity index (χ0n) is 36.1. The lowest BCUT2D eigenvalue weighted by Gasteiger charge is -2.21. The summed E-state index contributed by atoms with van der Waals surface area (Å²) >= 11 is 0. The highest BCUT2D eigenvalue weighted by atomic mass is 15.0. The lowest BCUT2D eigenvalue weighted by atomic mass is 9.82. The summed E-state index contributed by atoms with van der Waals surface area (Å²) in [7, 11) is 0. The molecule has 13 rings (SSSR count). The second-order valence-electron chi connectivity index (χ2n) is 17.8. The molecule has 1 aliphatic carbocycles. The average Bonchev–Trinajstić information content (AvgIpc) is 3.96. The van der Waals surface area contributed by atoms with Crippen LogP contribution in [-0.4, -0.2) is 19.1 Å². The smallest absolute Gasteiger partial charge is 0.160 e. The van der Waals surface area contributed by atoms with Crippen molar-refractivity contribution in [2.45, 2.75) is 19.3 Å². The molecule has 3 heterocycles. The summed E-state index contributed by atoms with van der Waals surface area (Å²) < 4.78 is 4.84. The molecule has 0 radical (unpaired) electrons. The van der Waals surface area contributed by atoms with Crippen molar-refractivity contribution in [3.8, 4) is 67.5 Å². The van der Waals surface area contributed by atoms with Gasteiger partial charge in [-0.05, 0) is 106 Å². The highest BCUT2D eigenvalue weighted by Gasteiger charge is 2.36. The number of hydrogen-bond donors (Lipinski definition) is 0. The van der Waals surface area contributed by atoms with Gasteiger partial charge in [0.25, 0.3) is 0 Å². The second-order valence-corrected chi connectivity index (χ2v) is 17.8. The van der Waals surface area contributed by atoms with E-state index in [9.17, 15) is 0 Å². The summed E-state index contributed by atoms with van der Waals surface area (Å²) in [5.41, 5.74) is 19.4. The Morgan fingerprint density at radius 2 is 0.862 bits per heavy atom. The standard InChI is InChI=1S/C61H42N4/c1-61(2)52-27-14-12-25-46(52)48-36-51-50-35-42(41-29-31-57-49(34-41)47-26-13-15-28-56(47)64(57)44-22-10-5-11-23-44)30-32-58(50)65(59(51)37-53(48)61)45-24-16-21-43(33-45)55-38-54(39-17-6-3-7-18-39)62-60(63-55)40-19-8-4-9-20-40/h3-38H,1-2H3. The van der Waals surface area contributed by atoms with Crippen molar-refractivity contribution in [3.63, 3.8) is 0 Å². The van der Waals surface area contributed by atoms with Crippen LogP contribution in [0.4, 0.5) is 0 Å². The first-order valence-electron chi connectivity index (χ1n) is 22.4. The zero-order chi connectivity index (χ0) is 43.2. The topological polar surface area (TPSA) is 35.6 Å². The van der Waals surface area contributed by atoms with Gasteiger partial charge in [0.15, 0.2) is 5.82 Å². The van der Waals surface area contributed by atoms with E-state index in [4.69, 9.17) is 9.97 Å². The maximum Gasteiger partial charge on any atom is 0.160 e. The third-order valence-electron chi connectivity index (χ3n) is 13.7. The molecule has 1 aliphatic rings. The molecule has 306 valence electrons. The van der Waals surface area contributed by atoms with Crippen molar-refractivity contribution in [2.75, 3.05) is 0 Å². The minimum absolute atomic E-state index is 0.147. The Bertz CT molecular complexity index is 3780. The fourth-order valence-electron chi connectivity index (χ4n) is 10.6. The number of para-hydroxylation sites is 2. The SMILES string of the molecule is CC1(C)c2ccccc2-c2cc3c4cc(-c5ccc6c(c5)c5ccccc5n6-c5ccccc5)ccc4n(-c4cccc(-c5cc(-c6ccccc6)nc(-c6ccccc6)n5)c4)c3cc21. The maximum atomic E-state index is 5.22. The Kier molecular flexibility index (Phi) is 8.22. The minimum atomic E-state index is -0.147. The first kappa shape index (κ1) is 37.2. The highest BCUT2D eigenvalue weighted by Crippen LogP contribution is 2.51. The van der Waals surface area contributed by atoms with E-state index in [1.807, 2.05) is 24.3 Å². The van der Waals surface area contributed by atoms with Gasteiger partial charge in [-0.3, -0.25) is 0 Å². The molecular formula is C61H42N4. The molecule has 12 aromatic rings. The van der Waals surface area contributed by atoms with Crippen LogP contribution in [-0.2, 0) is 5.41 Å². The van der Waals surface area contributed by atoms with Crippen molar-refractivity contribution in [1.82, 2.24) is 19.1 Å². The van der Waals surface area contributed by atoms with Crippen LogP contribution in [0.1, 0.15) is 25.0 Å². The van der Waals surface area contributed by atoms with Crippen LogP contribution < -0.4 is 0 Å². The van der Waals surface area contributed by atoms with Gasteiger partial charge in [-0.2, -0.15) is 0 Å². The highest BCUT2D eigenvalue weighted by molar-refractivity contribution is 6.14. The van der Waals surface area contributed by atoms with Gasteiger partial charge in [-0.1, -0.05) is 159 Å². The van der Waals surface area contributed by atoms with Crippen molar-refractivity contribution < 1.29 is 0 Å². The Balaban J connectivity index is 1.02. The van der Waals surface area contributed by atoms with Gasteiger partial charge in [0, 0.05) is 55.0 Å². The molecule has 4 nitrogen and oxygen atoms in total. The predicted octanol–water partition coefficient (Wildman–Crippen LogP) is 15.6. The lowest BCUT2D eigenvalue weighted by Crippen LogP contribution is -2.14. The van der Waals surface area contributed by atoms with E-state index in [1.54, 1.807) is 0 Å². The quantitative estimate of drug-likeness (QED) is 0.167. The van der Waals surface area contributed by atoms with E-state index in [0.717, 1.165) is 45.0 Å². The van der Waals surface area contributed by atoms with Crippen LogP contribution in [0.3, 0.4) is 0 Å². The molecule has 3 aromatic heterocycles. The lowest BCUT2D eigenvalue weighted by molar-refractivity contribution is 0.661. The van der Waals surface area contributed by atoms with Crippen LogP contribution in [0.15, 0.2) is 218 Å². The molecule has 9 aromatic carbocycles. The molecule has 0 unspecified atom stereocenters. The Morgan fingerprint density at radius 3 is 1.60 bits per heavy atom. The van der Waals surface area contributed by atoms with Crippen LogP contribution >= 0.6 is 0 Å². The summed E-state index contributed by atoms with van der Waals surface area (Å²) in [5, 5.41) is 4.95. The fourth-order valence-corrected chi connectivity index (χ4v) is 10.6. The van der Waals surface area contributed by atoms with E-state index in [2.05, 4.69) is 217 Å². The summed E-state index contributed by atoms with van der Waals surface area (Å²) in [6, 6.07) is 79.0. The summed E-state index contributed by atoms with van der Waals surface area (Å²) in [6.45, 7) is 4.73. The van der Waals surface area contributed by atoms with E-state index in [-0.39, 0.29) is 5.41 Å². The Morgan fingerprint density at radius 1 is 0.323 bits per heavy atom. The monoisotopic (exact) mass is 830 g/mol. The number of hydrogen-bond acceptors (Lipinski definition) is 2. The number of aromatic nitrogens is 4. The van der Waals surface area contributed by atoms with E-state index >= 15 is 0 Å². The van der Waals surface area contributed by atoms with Gasteiger partial charge in [-0.25, -0.2) is 9.97 Å². The summed E-state index contributed by atoms with van der Waals surface area (Å²) in [4.78, 5) is 10.3. The predicted molar refractivity (Wildman–Crippen MR) is 270 cm³/mol. The molecule has 0 spiro atoms. The third-order valence-corrected chi connectivity index (χ3v) is 13.7. The van der Waals surface area contributed by atoms with Gasteiger partial charge >= 0.3 is 0 Å². The average molecular weight is 831 g/mol. The molecule has 0 fully saturated rings. The first-order valence-corrected chi connectivity index (χ1v) is 22.4. The molecule has 4 heteroatoms. The van der Waals surface area contributed by atoms with Crippen LogP contribution in [0.5, 0.6) is 0 Å². The fraction of sp³-hybridized carbons (Fsp3) is 0.0492.